The first kappa shape index (κ1) is 24.3. The molecule has 36 heavy (non-hydrogen) atoms. The van der Waals surface area contributed by atoms with Crippen molar-refractivity contribution in [2.75, 3.05) is 17.7 Å². The van der Waals surface area contributed by atoms with E-state index in [1.807, 2.05) is 6.92 Å². The van der Waals surface area contributed by atoms with Crippen molar-refractivity contribution in [1.29, 1.82) is 0 Å². The number of benzene rings is 3. The average molecular weight is 485 g/mol. The normalized spacial score (nSPS) is 10.4. The van der Waals surface area contributed by atoms with Crippen molar-refractivity contribution < 1.29 is 28.3 Å². The molecule has 3 aromatic carbocycles. The summed E-state index contributed by atoms with van der Waals surface area (Å²) in [5, 5.41) is 5.55. The van der Waals surface area contributed by atoms with Gasteiger partial charge in [-0.05, 0) is 78.7 Å². The Kier molecular flexibility index (Phi) is 7.45. The van der Waals surface area contributed by atoms with Gasteiger partial charge in [0.2, 0.25) is 0 Å². The third-order valence-electron chi connectivity index (χ3n) is 5.40. The summed E-state index contributed by atoms with van der Waals surface area (Å²) in [6.07, 6.45) is 1.41. The highest BCUT2D eigenvalue weighted by atomic mass is 16.5. The van der Waals surface area contributed by atoms with E-state index >= 15 is 0 Å². The molecule has 0 atom stereocenters. The fraction of sp³-hybridized carbons (Fsp3) is 0.107. The first-order chi connectivity index (χ1) is 17.4. The minimum absolute atomic E-state index is 0.0289. The Balaban J connectivity index is 1.33. The van der Waals surface area contributed by atoms with E-state index in [2.05, 4.69) is 10.6 Å². The van der Waals surface area contributed by atoms with Crippen LogP contribution in [-0.4, -0.2) is 24.9 Å². The highest BCUT2D eigenvalue weighted by Crippen LogP contribution is 2.20. The van der Waals surface area contributed by atoms with Gasteiger partial charge in [-0.3, -0.25) is 9.59 Å². The van der Waals surface area contributed by atoms with Crippen molar-refractivity contribution in [2.24, 2.45) is 0 Å². The van der Waals surface area contributed by atoms with Gasteiger partial charge in [-0.2, -0.15) is 0 Å². The fourth-order valence-electron chi connectivity index (χ4n) is 3.34. The minimum atomic E-state index is -0.537. The Labute approximate surface area is 207 Å². The van der Waals surface area contributed by atoms with Crippen molar-refractivity contribution in [2.45, 2.75) is 13.5 Å². The van der Waals surface area contributed by atoms with Gasteiger partial charge in [0.05, 0.1) is 18.9 Å². The Morgan fingerprint density at radius 1 is 0.833 bits per heavy atom. The summed E-state index contributed by atoms with van der Waals surface area (Å²) in [5.74, 6) is -0.335. The van der Waals surface area contributed by atoms with Crippen LogP contribution in [0, 0.1) is 6.92 Å². The highest BCUT2D eigenvalue weighted by molar-refractivity contribution is 6.04. The number of hydrogen-bond acceptors (Lipinski definition) is 6. The minimum Gasteiger partial charge on any atom is -0.497 e. The van der Waals surface area contributed by atoms with E-state index in [1.165, 1.54) is 6.26 Å². The standard InChI is InChI=1S/C28H24N2O6/c1-18-5-8-21(16-24(18)30-27(32)25-4-3-15-35-25)28(33)36-17-19-6-9-20(10-7-19)26(31)29-22-11-13-23(34-2)14-12-22/h3-16H,17H2,1-2H3,(H,29,31)(H,30,32). The molecule has 4 aromatic rings. The van der Waals surface area contributed by atoms with Crippen molar-refractivity contribution in [3.05, 3.63) is 113 Å². The molecule has 4 rings (SSSR count). The number of rotatable bonds is 8. The average Bonchev–Trinajstić information content (AvgIpc) is 3.44. The monoisotopic (exact) mass is 484 g/mol. The molecule has 182 valence electrons. The molecule has 0 radical (unpaired) electrons. The van der Waals surface area contributed by atoms with Gasteiger partial charge in [-0.1, -0.05) is 18.2 Å². The first-order valence-corrected chi connectivity index (χ1v) is 11.1. The maximum Gasteiger partial charge on any atom is 0.338 e. The molecule has 0 aliphatic heterocycles. The van der Waals surface area contributed by atoms with Gasteiger partial charge in [0, 0.05) is 16.9 Å². The third-order valence-corrected chi connectivity index (χ3v) is 5.40. The maximum absolute atomic E-state index is 12.6. The molecule has 2 amide bonds. The Bertz CT molecular complexity index is 1360. The van der Waals surface area contributed by atoms with Gasteiger partial charge in [-0.25, -0.2) is 4.79 Å². The lowest BCUT2D eigenvalue weighted by molar-refractivity contribution is 0.0472. The Morgan fingerprint density at radius 3 is 2.22 bits per heavy atom. The van der Waals surface area contributed by atoms with E-state index in [0.717, 1.165) is 11.1 Å². The molecule has 0 bridgehead atoms. The van der Waals surface area contributed by atoms with E-state index in [1.54, 1.807) is 86.0 Å². The second-order valence-electron chi connectivity index (χ2n) is 7.92. The molecule has 0 aliphatic rings. The molecule has 1 aromatic heterocycles. The number of nitrogens with one attached hydrogen (secondary N) is 2. The number of hydrogen-bond donors (Lipinski definition) is 2. The van der Waals surface area contributed by atoms with Gasteiger partial charge < -0.3 is 24.5 Å². The molecule has 0 saturated carbocycles. The fourth-order valence-corrected chi connectivity index (χ4v) is 3.34. The molecular weight excluding hydrogens is 460 g/mol. The SMILES string of the molecule is COc1ccc(NC(=O)c2ccc(COC(=O)c3ccc(C)c(NC(=O)c4ccco4)c3)cc2)cc1. The van der Waals surface area contributed by atoms with Crippen LogP contribution in [0.15, 0.2) is 89.5 Å². The third kappa shape index (κ3) is 5.98. The summed E-state index contributed by atoms with van der Waals surface area (Å²) in [7, 11) is 1.58. The van der Waals surface area contributed by atoms with E-state index in [9.17, 15) is 14.4 Å². The number of carbonyl (C=O) groups excluding carboxylic acids is 3. The smallest absolute Gasteiger partial charge is 0.338 e. The van der Waals surface area contributed by atoms with Crippen molar-refractivity contribution in [3.8, 4) is 5.75 Å². The van der Waals surface area contributed by atoms with Crippen LogP contribution in [-0.2, 0) is 11.3 Å². The van der Waals surface area contributed by atoms with Gasteiger partial charge in [0.15, 0.2) is 5.76 Å². The zero-order valence-electron chi connectivity index (χ0n) is 19.7. The number of methoxy groups -OCH3 is 1. The molecule has 0 unspecified atom stereocenters. The van der Waals surface area contributed by atoms with E-state index < -0.39 is 11.9 Å². The van der Waals surface area contributed by atoms with E-state index in [4.69, 9.17) is 13.9 Å². The molecular formula is C28H24N2O6. The molecule has 0 saturated heterocycles. The van der Waals surface area contributed by atoms with Crippen molar-refractivity contribution >= 4 is 29.2 Å². The maximum atomic E-state index is 12.6. The predicted octanol–water partition coefficient (Wildman–Crippen LogP) is 5.46. The number of amides is 2. The summed E-state index contributed by atoms with van der Waals surface area (Å²) in [6.45, 7) is 1.85. The summed E-state index contributed by atoms with van der Waals surface area (Å²) >= 11 is 0. The molecule has 0 spiro atoms. The van der Waals surface area contributed by atoms with Crippen molar-refractivity contribution in [3.63, 3.8) is 0 Å². The Morgan fingerprint density at radius 2 is 1.56 bits per heavy atom. The highest BCUT2D eigenvalue weighted by Gasteiger charge is 2.14. The van der Waals surface area contributed by atoms with Crippen LogP contribution in [0.2, 0.25) is 0 Å². The van der Waals surface area contributed by atoms with E-state index in [-0.39, 0.29) is 18.3 Å². The summed E-state index contributed by atoms with van der Waals surface area (Å²) in [6, 6.07) is 21.9. The molecule has 1 heterocycles. The number of carbonyl (C=O) groups is 3. The van der Waals surface area contributed by atoms with Crippen LogP contribution in [0.25, 0.3) is 0 Å². The van der Waals surface area contributed by atoms with Gasteiger partial charge >= 0.3 is 5.97 Å². The topological polar surface area (TPSA) is 107 Å². The van der Waals surface area contributed by atoms with Crippen LogP contribution in [0.1, 0.15) is 42.4 Å². The number of anilines is 2. The summed E-state index contributed by atoms with van der Waals surface area (Å²) in [4.78, 5) is 37.3. The zero-order chi connectivity index (χ0) is 25.5. The van der Waals surface area contributed by atoms with E-state index in [0.29, 0.717) is 28.3 Å². The Hall–Kier alpha value is -4.85. The molecule has 8 nitrogen and oxygen atoms in total. The number of ether oxygens (including phenoxy) is 2. The quantitative estimate of drug-likeness (QED) is 0.322. The molecule has 0 aliphatic carbocycles. The summed E-state index contributed by atoms with van der Waals surface area (Å²) < 4.78 is 15.6. The van der Waals surface area contributed by atoms with Gasteiger partial charge in [0.25, 0.3) is 11.8 Å². The predicted molar refractivity (Wildman–Crippen MR) is 134 cm³/mol. The van der Waals surface area contributed by atoms with Crippen LogP contribution in [0.5, 0.6) is 5.75 Å². The van der Waals surface area contributed by atoms with Crippen LogP contribution in [0.4, 0.5) is 11.4 Å². The second kappa shape index (κ2) is 11.1. The zero-order valence-corrected chi connectivity index (χ0v) is 19.7. The van der Waals surface area contributed by atoms with Crippen LogP contribution in [0.3, 0.4) is 0 Å². The van der Waals surface area contributed by atoms with Gasteiger partial charge in [-0.15, -0.1) is 0 Å². The second-order valence-corrected chi connectivity index (χ2v) is 7.92. The van der Waals surface area contributed by atoms with Gasteiger partial charge in [0.1, 0.15) is 12.4 Å². The molecule has 2 N–H and O–H groups in total. The molecule has 8 heteroatoms. The first-order valence-electron chi connectivity index (χ1n) is 11.1. The number of aryl methyl sites for hydroxylation is 1. The number of furan rings is 1. The summed E-state index contributed by atoms with van der Waals surface area (Å²) in [5.41, 5.74) is 3.41. The lowest BCUT2D eigenvalue weighted by atomic mass is 10.1. The largest absolute Gasteiger partial charge is 0.497 e. The van der Waals surface area contributed by atoms with Crippen LogP contribution >= 0.6 is 0 Å². The lowest BCUT2D eigenvalue weighted by Crippen LogP contribution is -2.13. The molecule has 0 fully saturated rings. The lowest BCUT2D eigenvalue weighted by Gasteiger charge is -2.10. The van der Waals surface area contributed by atoms with Crippen molar-refractivity contribution in [1.82, 2.24) is 0 Å². The number of esters is 1. The van der Waals surface area contributed by atoms with Crippen LogP contribution < -0.4 is 15.4 Å².